The maximum atomic E-state index is 10.8. The Hall–Kier alpha value is -0.780. The van der Waals surface area contributed by atoms with E-state index in [1.54, 1.807) is 0 Å². The van der Waals surface area contributed by atoms with Crippen molar-refractivity contribution >= 4 is 5.69 Å². The van der Waals surface area contributed by atoms with Crippen LogP contribution in [0.25, 0.3) is 0 Å². The summed E-state index contributed by atoms with van der Waals surface area (Å²) in [6, 6.07) is 3.59. The number of nitro benzene ring substituents is 1. The summed E-state index contributed by atoms with van der Waals surface area (Å²) in [4.78, 5) is 9.51. The molecule has 0 heterocycles. The normalized spacial score (nSPS) is 8.69. The van der Waals surface area contributed by atoms with Gasteiger partial charge in [0.1, 0.15) is 5.75 Å². The van der Waals surface area contributed by atoms with Gasteiger partial charge in [0.25, 0.3) is 5.69 Å². The van der Waals surface area contributed by atoms with Gasteiger partial charge in [-0.05, 0) is 11.8 Å². The molecule has 0 aromatic heterocycles. The first-order valence-electron chi connectivity index (χ1n) is 3.14. The maximum Gasteiger partial charge on any atom is 1.00 e. The Morgan fingerprint density at radius 2 is 2.08 bits per heavy atom. The molecule has 1 rings (SSSR count). The van der Waals surface area contributed by atoms with Crippen LogP contribution in [0.2, 0.25) is 0 Å². The minimum atomic E-state index is -0.731. The van der Waals surface area contributed by atoms with Crippen LogP contribution in [0.3, 0.4) is 0 Å². The predicted octanol–water partition coefficient (Wildman–Crippen LogP) is -2.32. The standard InChI is InChI=1S/C7H7NO4.Na/c1-12-5-2-3-7(9)6(4-5)8(10)11;/h2-4,9H,1H3;/q;+1/p-1. The van der Waals surface area contributed by atoms with E-state index < -0.39 is 16.4 Å². The van der Waals surface area contributed by atoms with Crippen LogP contribution in [0.1, 0.15) is 0 Å². The number of methoxy groups -OCH3 is 1. The van der Waals surface area contributed by atoms with E-state index in [1.165, 1.54) is 13.2 Å². The van der Waals surface area contributed by atoms with Gasteiger partial charge in [-0.25, -0.2) is 0 Å². The molecule has 0 N–H and O–H groups in total. The van der Waals surface area contributed by atoms with Gasteiger partial charge < -0.3 is 9.84 Å². The molecule has 0 bridgehead atoms. The van der Waals surface area contributed by atoms with Crippen molar-refractivity contribution in [1.29, 1.82) is 0 Å². The second-order valence-electron chi connectivity index (χ2n) is 2.09. The molecule has 64 valence electrons. The molecule has 0 unspecified atom stereocenters. The fourth-order valence-corrected chi connectivity index (χ4v) is 0.767. The Labute approximate surface area is 96.8 Å². The Balaban J connectivity index is 0.00000144. The van der Waals surface area contributed by atoms with Crippen molar-refractivity contribution in [1.82, 2.24) is 0 Å². The molecule has 0 saturated carbocycles. The van der Waals surface area contributed by atoms with Gasteiger partial charge in [0.2, 0.25) is 0 Å². The quantitative estimate of drug-likeness (QED) is 0.299. The van der Waals surface area contributed by atoms with Gasteiger partial charge in [-0.2, -0.15) is 0 Å². The van der Waals surface area contributed by atoms with E-state index in [4.69, 9.17) is 4.74 Å². The number of nitro groups is 1. The average molecular weight is 191 g/mol. The fourth-order valence-electron chi connectivity index (χ4n) is 0.767. The van der Waals surface area contributed by atoms with Gasteiger partial charge in [0, 0.05) is 0 Å². The van der Waals surface area contributed by atoms with Gasteiger partial charge in [-0.3, -0.25) is 10.1 Å². The van der Waals surface area contributed by atoms with E-state index in [9.17, 15) is 15.2 Å². The van der Waals surface area contributed by atoms with E-state index in [-0.39, 0.29) is 29.6 Å². The zero-order valence-electron chi connectivity index (χ0n) is 7.31. The summed E-state index contributed by atoms with van der Waals surface area (Å²) < 4.78 is 4.72. The van der Waals surface area contributed by atoms with Crippen molar-refractivity contribution in [2.45, 2.75) is 0 Å². The van der Waals surface area contributed by atoms with Crippen LogP contribution in [-0.4, -0.2) is 12.0 Å². The van der Waals surface area contributed by atoms with Crippen LogP contribution in [0.15, 0.2) is 18.2 Å². The van der Waals surface area contributed by atoms with Crippen LogP contribution < -0.4 is 39.4 Å². The first-order chi connectivity index (χ1) is 5.65. The van der Waals surface area contributed by atoms with Crippen LogP contribution in [0.5, 0.6) is 11.5 Å². The van der Waals surface area contributed by atoms with E-state index in [0.29, 0.717) is 5.75 Å². The SMILES string of the molecule is COc1ccc([O-])c([N+](=O)[O-])c1.[Na+]. The molecule has 0 aliphatic rings. The number of ether oxygens (including phenoxy) is 1. The second kappa shape index (κ2) is 5.06. The number of nitrogens with zero attached hydrogens (tertiary/aromatic N) is 1. The predicted molar refractivity (Wildman–Crippen MR) is 39.1 cm³/mol. The summed E-state index contributed by atoms with van der Waals surface area (Å²) in [5.41, 5.74) is -0.464. The second-order valence-corrected chi connectivity index (χ2v) is 2.09. The van der Waals surface area contributed by atoms with Crippen LogP contribution >= 0.6 is 0 Å². The molecule has 0 aliphatic heterocycles. The van der Waals surface area contributed by atoms with E-state index >= 15 is 0 Å². The smallest absolute Gasteiger partial charge is 0.868 e. The third-order valence-electron chi connectivity index (χ3n) is 1.36. The molecule has 0 amide bonds. The molecule has 0 radical (unpaired) electrons. The molecule has 13 heavy (non-hydrogen) atoms. The van der Waals surface area contributed by atoms with Gasteiger partial charge in [0.05, 0.1) is 18.1 Å². The Kier molecular flexibility index (Phi) is 4.76. The van der Waals surface area contributed by atoms with Crippen molar-refractivity contribution in [3.8, 4) is 11.5 Å². The summed E-state index contributed by atoms with van der Waals surface area (Å²) >= 11 is 0. The maximum absolute atomic E-state index is 10.8. The number of rotatable bonds is 2. The van der Waals surface area contributed by atoms with Gasteiger partial charge in [0.15, 0.2) is 0 Å². The fraction of sp³-hybridized carbons (Fsp3) is 0.143. The topological polar surface area (TPSA) is 75.4 Å². The summed E-state index contributed by atoms with van der Waals surface area (Å²) in [7, 11) is 1.38. The molecule has 0 fully saturated rings. The molecule has 0 saturated heterocycles. The van der Waals surface area contributed by atoms with Crippen molar-refractivity contribution in [3.05, 3.63) is 28.3 Å². The average Bonchev–Trinajstić information content (AvgIpc) is 2.05. The van der Waals surface area contributed by atoms with Gasteiger partial charge in [-0.1, -0.05) is 6.07 Å². The van der Waals surface area contributed by atoms with Crippen LogP contribution in [0.4, 0.5) is 5.69 Å². The van der Waals surface area contributed by atoms with Crippen LogP contribution in [0, 0.1) is 10.1 Å². The van der Waals surface area contributed by atoms with E-state index in [1.807, 2.05) is 0 Å². The van der Waals surface area contributed by atoms with E-state index in [0.717, 1.165) is 12.1 Å². The first kappa shape index (κ1) is 12.2. The number of benzene rings is 1. The number of hydrogen-bond donors (Lipinski definition) is 0. The third-order valence-corrected chi connectivity index (χ3v) is 1.36. The molecule has 0 aliphatic carbocycles. The molecule has 5 nitrogen and oxygen atoms in total. The first-order valence-corrected chi connectivity index (χ1v) is 3.14. The molecule has 0 atom stereocenters. The van der Waals surface area contributed by atoms with E-state index in [2.05, 4.69) is 0 Å². The van der Waals surface area contributed by atoms with Crippen molar-refractivity contribution in [2.75, 3.05) is 7.11 Å². The van der Waals surface area contributed by atoms with Crippen LogP contribution in [-0.2, 0) is 0 Å². The Morgan fingerprint density at radius 1 is 1.46 bits per heavy atom. The Morgan fingerprint density at radius 3 is 2.54 bits per heavy atom. The summed E-state index contributed by atoms with van der Waals surface area (Å²) in [5, 5.41) is 21.1. The Bertz CT molecular complexity index is 315. The number of hydrogen-bond acceptors (Lipinski definition) is 4. The minimum Gasteiger partial charge on any atom is -0.868 e. The van der Waals surface area contributed by atoms with Gasteiger partial charge in [-0.15, -0.1) is 0 Å². The molecule has 6 heteroatoms. The third kappa shape index (κ3) is 2.87. The van der Waals surface area contributed by atoms with Crippen molar-refractivity contribution in [2.24, 2.45) is 0 Å². The zero-order chi connectivity index (χ0) is 9.14. The molecular formula is C7H6NNaO4. The van der Waals surface area contributed by atoms with Gasteiger partial charge >= 0.3 is 29.6 Å². The summed E-state index contributed by atoms with van der Waals surface area (Å²) in [6.07, 6.45) is 0. The minimum absolute atomic E-state index is 0. The summed E-state index contributed by atoms with van der Waals surface area (Å²) in [5.74, 6) is -0.304. The monoisotopic (exact) mass is 191 g/mol. The van der Waals surface area contributed by atoms with Crippen molar-refractivity contribution in [3.63, 3.8) is 0 Å². The zero-order valence-corrected chi connectivity index (χ0v) is 9.31. The largest absolute Gasteiger partial charge is 1.00 e. The molecule has 1 aromatic carbocycles. The summed E-state index contributed by atoms with van der Waals surface area (Å²) in [6.45, 7) is 0. The molecular weight excluding hydrogens is 185 g/mol. The molecule has 0 spiro atoms. The van der Waals surface area contributed by atoms with Crippen molar-refractivity contribution < 1.29 is 44.3 Å². The molecule has 1 aromatic rings.